The summed E-state index contributed by atoms with van der Waals surface area (Å²) < 4.78 is 5.62. The third kappa shape index (κ3) is 4.86. The van der Waals surface area contributed by atoms with Crippen molar-refractivity contribution in [3.63, 3.8) is 0 Å². The normalized spacial score (nSPS) is 15.1. The Balaban J connectivity index is 1.65. The van der Waals surface area contributed by atoms with E-state index < -0.39 is 11.8 Å². The van der Waals surface area contributed by atoms with Gasteiger partial charge in [0.15, 0.2) is 5.11 Å². The Morgan fingerprint density at radius 3 is 2.33 bits per heavy atom. The number of methoxy groups -OCH3 is 1. The molecule has 2 amide bonds. The highest BCUT2D eigenvalue weighted by Gasteiger charge is 2.34. The van der Waals surface area contributed by atoms with Crippen LogP contribution in [0.3, 0.4) is 0 Å². The minimum absolute atomic E-state index is 0.0107. The minimum atomic E-state index is -0.518. The van der Waals surface area contributed by atoms with Crippen molar-refractivity contribution in [2.75, 3.05) is 12.0 Å². The van der Waals surface area contributed by atoms with E-state index >= 15 is 0 Å². The molecule has 0 saturated carbocycles. The summed E-state index contributed by atoms with van der Waals surface area (Å²) in [4.78, 5) is 27.1. The van der Waals surface area contributed by atoms with Gasteiger partial charge in [-0.2, -0.15) is 0 Å². The van der Waals surface area contributed by atoms with Gasteiger partial charge in [-0.1, -0.05) is 59.7 Å². The number of carbonyl (C=O) groups is 2. The first-order valence-electron chi connectivity index (χ1n) is 10.6. The number of anilines is 1. The molecule has 0 aromatic heterocycles. The molecule has 1 N–H and O–H groups in total. The maximum Gasteiger partial charge on any atom is 0.270 e. The van der Waals surface area contributed by atoms with Crippen LogP contribution < -0.4 is 15.0 Å². The van der Waals surface area contributed by atoms with Crippen LogP contribution in [-0.4, -0.2) is 24.0 Å². The molecule has 1 fully saturated rings. The van der Waals surface area contributed by atoms with Gasteiger partial charge in [0.05, 0.1) is 12.8 Å². The van der Waals surface area contributed by atoms with Crippen LogP contribution in [0, 0.1) is 13.8 Å². The number of benzene rings is 3. The Morgan fingerprint density at radius 1 is 0.970 bits per heavy atom. The lowest BCUT2D eigenvalue weighted by Gasteiger charge is -2.28. The molecule has 0 spiro atoms. The number of hydrogen-bond acceptors (Lipinski definition) is 4. The maximum absolute atomic E-state index is 13.2. The van der Waals surface area contributed by atoms with Gasteiger partial charge in [0, 0.05) is 6.42 Å². The Kier molecular flexibility index (Phi) is 6.38. The van der Waals surface area contributed by atoms with Gasteiger partial charge in [0.25, 0.3) is 11.8 Å². The molecule has 166 valence electrons. The van der Waals surface area contributed by atoms with E-state index in [1.54, 1.807) is 25.3 Å². The second-order valence-electron chi connectivity index (χ2n) is 8.04. The van der Waals surface area contributed by atoms with Crippen molar-refractivity contribution in [3.05, 3.63) is 100 Å². The Labute approximate surface area is 198 Å². The molecule has 33 heavy (non-hydrogen) atoms. The third-order valence-electron chi connectivity index (χ3n) is 5.41. The SMILES string of the molecule is COc1cc(/C=C2/C(=O)NC(=S)N(c3ccccc3)C2=O)ccc1Cc1cc(C)cc(C)c1. The highest BCUT2D eigenvalue weighted by molar-refractivity contribution is 7.80. The van der Waals surface area contributed by atoms with Gasteiger partial charge in [-0.15, -0.1) is 0 Å². The van der Waals surface area contributed by atoms with Crippen LogP contribution in [0.2, 0.25) is 0 Å². The quantitative estimate of drug-likeness (QED) is 0.342. The topological polar surface area (TPSA) is 58.6 Å². The molecule has 1 saturated heterocycles. The van der Waals surface area contributed by atoms with Crippen LogP contribution in [0.5, 0.6) is 5.75 Å². The highest BCUT2D eigenvalue weighted by atomic mass is 32.1. The summed E-state index contributed by atoms with van der Waals surface area (Å²) in [5.41, 5.74) is 5.95. The fourth-order valence-electron chi connectivity index (χ4n) is 4.02. The van der Waals surface area contributed by atoms with Gasteiger partial charge >= 0.3 is 0 Å². The summed E-state index contributed by atoms with van der Waals surface area (Å²) in [6.45, 7) is 4.17. The van der Waals surface area contributed by atoms with Crippen molar-refractivity contribution in [1.82, 2.24) is 5.32 Å². The summed E-state index contributed by atoms with van der Waals surface area (Å²) in [6.07, 6.45) is 2.29. The zero-order chi connectivity index (χ0) is 23.5. The van der Waals surface area contributed by atoms with Crippen molar-refractivity contribution >= 4 is 40.9 Å². The fourth-order valence-corrected chi connectivity index (χ4v) is 4.30. The number of para-hydroxylation sites is 1. The number of rotatable bonds is 5. The van der Waals surface area contributed by atoms with Crippen LogP contribution in [0.25, 0.3) is 6.08 Å². The molecule has 0 bridgehead atoms. The summed E-state index contributed by atoms with van der Waals surface area (Å²) in [7, 11) is 1.62. The summed E-state index contributed by atoms with van der Waals surface area (Å²) in [5.74, 6) is -0.286. The van der Waals surface area contributed by atoms with Crippen molar-refractivity contribution in [3.8, 4) is 5.75 Å². The molecule has 0 unspecified atom stereocenters. The number of aryl methyl sites for hydroxylation is 2. The first-order chi connectivity index (χ1) is 15.9. The van der Waals surface area contributed by atoms with Gasteiger partial charge < -0.3 is 4.74 Å². The Morgan fingerprint density at radius 2 is 1.67 bits per heavy atom. The summed E-state index contributed by atoms with van der Waals surface area (Å²) in [5, 5.41) is 2.67. The van der Waals surface area contributed by atoms with Crippen LogP contribution in [-0.2, 0) is 16.0 Å². The smallest absolute Gasteiger partial charge is 0.270 e. The van der Waals surface area contributed by atoms with E-state index in [1.807, 2.05) is 36.4 Å². The molecule has 0 aliphatic carbocycles. The fraction of sp³-hybridized carbons (Fsp3) is 0.148. The number of carbonyl (C=O) groups excluding carboxylic acids is 2. The average molecular weight is 457 g/mol. The third-order valence-corrected chi connectivity index (χ3v) is 5.70. The predicted molar refractivity (Wildman–Crippen MR) is 134 cm³/mol. The number of hydrogen-bond donors (Lipinski definition) is 1. The molecule has 3 aromatic carbocycles. The number of amides is 2. The molecule has 6 heteroatoms. The molecule has 0 radical (unpaired) electrons. The van der Waals surface area contributed by atoms with Crippen molar-refractivity contribution in [2.24, 2.45) is 0 Å². The van der Waals surface area contributed by atoms with E-state index in [4.69, 9.17) is 17.0 Å². The zero-order valence-electron chi connectivity index (χ0n) is 18.7. The molecule has 5 nitrogen and oxygen atoms in total. The highest BCUT2D eigenvalue weighted by Crippen LogP contribution is 2.27. The monoisotopic (exact) mass is 456 g/mol. The average Bonchev–Trinajstić information content (AvgIpc) is 2.77. The first kappa shape index (κ1) is 22.4. The first-order valence-corrected chi connectivity index (χ1v) is 11.0. The van der Waals surface area contributed by atoms with Gasteiger partial charge in [-0.05, 0) is 67.0 Å². The van der Waals surface area contributed by atoms with Gasteiger partial charge in [0.2, 0.25) is 0 Å². The minimum Gasteiger partial charge on any atom is -0.496 e. The lowest BCUT2D eigenvalue weighted by Crippen LogP contribution is -2.54. The summed E-state index contributed by atoms with van der Waals surface area (Å²) >= 11 is 5.24. The van der Waals surface area contributed by atoms with Gasteiger partial charge in [-0.25, -0.2) is 0 Å². The molecule has 1 aliphatic rings. The molecular weight excluding hydrogens is 432 g/mol. The lowest BCUT2D eigenvalue weighted by molar-refractivity contribution is -0.122. The number of thiocarbonyl (C=S) groups is 1. The maximum atomic E-state index is 13.2. The number of nitrogens with one attached hydrogen (secondary N) is 1. The standard InChI is InChI=1S/C27H24N2O3S/c1-17-11-18(2)13-20(12-17)14-21-10-9-19(16-24(21)32-3)15-23-25(30)28-27(33)29(26(23)31)22-7-5-4-6-8-22/h4-13,15-16H,14H2,1-3H3,(H,28,30,33)/b23-15-. The van der Waals surface area contributed by atoms with Crippen LogP contribution in [0.4, 0.5) is 5.69 Å². The second-order valence-corrected chi connectivity index (χ2v) is 8.42. The zero-order valence-corrected chi connectivity index (χ0v) is 19.5. The van der Waals surface area contributed by atoms with E-state index in [9.17, 15) is 9.59 Å². The van der Waals surface area contributed by atoms with Crippen molar-refractivity contribution in [1.29, 1.82) is 0 Å². The van der Waals surface area contributed by atoms with Crippen LogP contribution in [0.1, 0.15) is 27.8 Å². The van der Waals surface area contributed by atoms with Crippen LogP contribution >= 0.6 is 12.2 Å². The van der Waals surface area contributed by atoms with Gasteiger partial charge in [-0.3, -0.25) is 19.8 Å². The number of ether oxygens (including phenoxy) is 1. The Hall–Kier alpha value is -3.77. The molecular formula is C27H24N2O3S. The van der Waals surface area contributed by atoms with Crippen molar-refractivity contribution in [2.45, 2.75) is 20.3 Å². The molecule has 4 rings (SSSR count). The molecule has 1 aliphatic heterocycles. The van der Waals surface area contributed by atoms with E-state index in [-0.39, 0.29) is 10.7 Å². The van der Waals surface area contributed by atoms with Crippen molar-refractivity contribution < 1.29 is 14.3 Å². The predicted octanol–water partition coefficient (Wildman–Crippen LogP) is 4.73. The molecule has 1 heterocycles. The lowest BCUT2D eigenvalue weighted by atomic mass is 9.98. The molecule has 3 aromatic rings. The van der Waals surface area contributed by atoms with Crippen LogP contribution in [0.15, 0.2) is 72.3 Å². The van der Waals surface area contributed by atoms with E-state index in [2.05, 4.69) is 37.4 Å². The van der Waals surface area contributed by atoms with E-state index in [0.717, 1.165) is 12.0 Å². The largest absolute Gasteiger partial charge is 0.496 e. The molecule has 0 atom stereocenters. The Bertz CT molecular complexity index is 1260. The summed E-state index contributed by atoms with van der Waals surface area (Å²) in [6, 6.07) is 21.2. The second kappa shape index (κ2) is 9.38. The number of nitrogens with zero attached hydrogens (tertiary/aromatic N) is 1. The van der Waals surface area contributed by atoms with Gasteiger partial charge in [0.1, 0.15) is 11.3 Å². The van der Waals surface area contributed by atoms with E-state index in [0.29, 0.717) is 17.0 Å². The van der Waals surface area contributed by atoms with E-state index in [1.165, 1.54) is 21.6 Å².